The van der Waals surface area contributed by atoms with E-state index < -0.39 is 2.14 Å². The number of benzene rings is 1. The van der Waals surface area contributed by atoms with Crippen LogP contribution in [0.1, 0.15) is 0 Å². The number of ether oxygens (including phenoxy) is 1. The highest BCUT2D eigenvalue weighted by Crippen LogP contribution is 2.34. The number of amides is 1. The van der Waals surface area contributed by atoms with E-state index in [9.17, 15) is 4.79 Å². The van der Waals surface area contributed by atoms with Crippen molar-refractivity contribution in [1.82, 2.24) is 0 Å². The number of methoxy groups -OCH3 is 1. The van der Waals surface area contributed by atoms with Gasteiger partial charge in [-0.15, -0.1) is 0 Å². The molecule has 0 saturated heterocycles. The number of rotatable bonds is 2. The molecule has 1 aromatic rings. The molecular formula is C9H8Br3NO2. The zero-order valence-corrected chi connectivity index (χ0v) is 12.5. The van der Waals surface area contributed by atoms with Gasteiger partial charge in [0.2, 0.25) is 2.14 Å². The van der Waals surface area contributed by atoms with E-state index in [0.29, 0.717) is 11.4 Å². The van der Waals surface area contributed by atoms with Gasteiger partial charge in [0.1, 0.15) is 5.75 Å². The van der Waals surface area contributed by atoms with Crippen molar-refractivity contribution in [3.63, 3.8) is 0 Å². The Bertz CT molecular complexity index is 363. The lowest BCUT2D eigenvalue weighted by Crippen LogP contribution is -2.25. The van der Waals surface area contributed by atoms with Crippen molar-refractivity contribution in [1.29, 1.82) is 0 Å². The van der Waals surface area contributed by atoms with Gasteiger partial charge in [-0.3, -0.25) is 4.79 Å². The van der Waals surface area contributed by atoms with Gasteiger partial charge in [-0.2, -0.15) is 0 Å². The van der Waals surface area contributed by atoms with Gasteiger partial charge < -0.3 is 10.1 Å². The molecule has 1 aromatic carbocycles. The summed E-state index contributed by atoms with van der Waals surface area (Å²) >= 11 is 9.38. The van der Waals surface area contributed by atoms with Gasteiger partial charge in [-0.05, 0) is 59.9 Å². The minimum atomic E-state index is -0.948. The third kappa shape index (κ3) is 4.12. The molecule has 0 heterocycles. The van der Waals surface area contributed by atoms with E-state index in [2.05, 4.69) is 53.1 Å². The molecule has 6 heteroatoms. The Morgan fingerprint density at radius 1 is 1.40 bits per heavy atom. The molecule has 0 unspecified atom stereocenters. The predicted molar refractivity (Wildman–Crippen MR) is 71.1 cm³/mol. The first-order chi connectivity index (χ1) is 6.93. The number of alkyl halides is 3. The van der Waals surface area contributed by atoms with Gasteiger partial charge in [0.05, 0.1) is 7.11 Å². The molecule has 0 aliphatic heterocycles. The van der Waals surface area contributed by atoms with E-state index in [1.165, 1.54) is 0 Å². The van der Waals surface area contributed by atoms with Crippen LogP contribution >= 0.6 is 47.8 Å². The van der Waals surface area contributed by atoms with Crippen molar-refractivity contribution < 1.29 is 9.53 Å². The van der Waals surface area contributed by atoms with Crippen LogP contribution in [0.2, 0.25) is 0 Å². The highest BCUT2D eigenvalue weighted by molar-refractivity contribution is 9.40. The molecule has 0 spiro atoms. The molecule has 0 aromatic heterocycles. The molecule has 0 radical (unpaired) electrons. The van der Waals surface area contributed by atoms with Gasteiger partial charge in [0.15, 0.2) is 0 Å². The molecule has 0 bridgehead atoms. The Morgan fingerprint density at radius 3 is 2.60 bits per heavy atom. The Labute approximate surface area is 113 Å². The maximum Gasteiger partial charge on any atom is 0.263 e. The Balaban J connectivity index is 2.77. The van der Waals surface area contributed by atoms with E-state index in [-0.39, 0.29) is 5.91 Å². The fourth-order valence-corrected chi connectivity index (χ4v) is 1.20. The lowest BCUT2D eigenvalue weighted by Gasteiger charge is -2.12. The van der Waals surface area contributed by atoms with Crippen molar-refractivity contribution in [3.8, 4) is 5.75 Å². The smallest absolute Gasteiger partial charge is 0.263 e. The first kappa shape index (κ1) is 13.0. The second-order valence-corrected chi connectivity index (χ2v) is 9.44. The third-order valence-corrected chi connectivity index (χ3v) is 2.67. The lowest BCUT2D eigenvalue weighted by atomic mass is 10.3. The number of hydrogen-bond acceptors (Lipinski definition) is 2. The summed E-state index contributed by atoms with van der Waals surface area (Å²) in [6.07, 6.45) is 0. The van der Waals surface area contributed by atoms with Crippen LogP contribution in [0, 0.1) is 0 Å². The summed E-state index contributed by atoms with van der Waals surface area (Å²) < 4.78 is 4.09. The zero-order valence-electron chi connectivity index (χ0n) is 7.76. The fourth-order valence-electron chi connectivity index (χ4n) is 0.903. The third-order valence-electron chi connectivity index (χ3n) is 1.59. The number of hydrogen-bond donors (Lipinski definition) is 1. The highest BCUT2D eigenvalue weighted by Gasteiger charge is 2.28. The zero-order chi connectivity index (χ0) is 11.5. The van der Waals surface area contributed by atoms with Crippen LogP contribution in [0.25, 0.3) is 0 Å². The highest BCUT2D eigenvalue weighted by atomic mass is 80.0. The Morgan fingerprint density at radius 2 is 2.07 bits per heavy atom. The van der Waals surface area contributed by atoms with Gasteiger partial charge in [0, 0.05) is 11.8 Å². The molecule has 0 fully saturated rings. The first-order valence-electron chi connectivity index (χ1n) is 3.95. The Kier molecular flexibility index (Phi) is 4.61. The van der Waals surface area contributed by atoms with E-state index >= 15 is 0 Å². The molecule has 0 aliphatic rings. The van der Waals surface area contributed by atoms with E-state index in [4.69, 9.17) is 4.74 Å². The van der Waals surface area contributed by atoms with Gasteiger partial charge >= 0.3 is 0 Å². The average molecular weight is 402 g/mol. The fraction of sp³-hybridized carbons (Fsp3) is 0.222. The molecule has 1 rings (SSSR count). The summed E-state index contributed by atoms with van der Waals surface area (Å²) in [6, 6.07) is 7.11. The topological polar surface area (TPSA) is 38.3 Å². The van der Waals surface area contributed by atoms with Crippen LogP contribution in [-0.4, -0.2) is 15.2 Å². The van der Waals surface area contributed by atoms with Crippen LogP contribution in [0.3, 0.4) is 0 Å². The normalized spacial score (nSPS) is 10.9. The minimum absolute atomic E-state index is 0.254. The lowest BCUT2D eigenvalue weighted by molar-refractivity contribution is -0.114. The maximum absolute atomic E-state index is 11.5. The molecule has 15 heavy (non-hydrogen) atoms. The first-order valence-corrected chi connectivity index (χ1v) is 6.33. The molecule has 82 valence electrons. The van der Waals surface area contributed by atoms with Crippen molar-refractivity contribution in [2.75, 3.05) is 12.4 Å². The SMILES string of the molecule is COc1cccc(NC(=O)C(Br)(Br)Br)c1. The van der Waals surface area contributed by atoms with Gasteiger partial charge in [-0.25, -0.2) is 0 Å². The monoisotopic (exact) mass is 399 g/mol. The molecule has 0 aliphatic carbocycles. The predicted octanol–water partition coefficient (Wildman–Crippen LogP) is 3.47. The molecule has 1 N–H and O–H groups in total. The van der Waals surface area contributed by atoms with Crippen LogP contribution in [0.15, 0.2) is 24.3 Å². The molecule has 0 saturated carbocycles. The van der Waals surface area contributed by atoms with Crippen molar-refractivity contribution in [2.45, 2.75) is 2.14 Å². The molecule has 0 atom stereocenters. The summed E-state index contributed by atoms with van der Waals surface area (Å²) in [4.78, 5) is 11.5. The second kappa shape index (κ2) is 5.32. The number of carbonyl (C=O) groups excluding carboxylic acids is 1. The van der Waals surface area contributed by atoms with E-state index in [0.717, 1.165) is 0 Å². The van der Waals surface area contributed by atoms with Crippen LogP contribution in [-0.2, 0) is 4.79 Å². The van der Waals surface area contributed by atoms with Gasteiger partial charge in [-0.1, -0.05) is 6.07 Å². The summed E-state index contributed by atoms with van der Waals surface area (Å²) in [7, 11) is 1.57. The van der Waals surface area contributed by atoms with Crippen molar-refractivity contribution in [2.24, 2.45) is 0 Å². The van der Waals surface area contributed by atoms with Crippen molar-refractivity contribution in [3.05, 3.63) is 24.3 Å². The summed E-state index contributed by atoms with van der Waals surface area (Å²) in [6.45, 7) is 0. The number of carbonyl (C=O) groups is 1. The van der Waals surface area contributed by atoms with Crippen molar-refractivity contribution >= 4 is 59.4 Å². The Hall–Kier alpha value is -0.0700. The van der Waals surface area contributed by atoms with Crippen LogP contribution in [0.4, 0.5) is 5.69 Å². The molecule has 3 nitrogen and oxygen atoms in total. The van der Waals surface area contributed by atoms with E-state index in [1.54, 1.807) is 31.4 Å². The average Bonchev–Trinajstić information content (AvgIpc) is 2.16. The second-order valence-electron chi connectivity index (χ2n) is 2.68. The maximum atomic E-state index is 11.5. The quantitative estimate of drug-likeness (QED) is 0.770. The van der Waals surface area contributed by atoms with Crippen LogP contribution in [0.5, 0.6) is 5.75 Å². The van der Waals surface area contributed by atoms with Gasteiger partial charge in [0.25, 0.3) is 5.91 Å². The number of anilines is 1. The minimum Gasteiger partial charge on any atom is -0.497 e. The van der Waals surface area contributed by atoms with E-state index in [1.807, 2.05) is 0 Å². The molecule has 1 amide bonds. The number of nitrogens with one attached hydrogen (secondary N) is 1. The number of halogens is 3. The molecular weight excluding hydrogens is 394 g/mol. The largest absolute Gasteiger partial charge is 0.497 e. The summed E-state index contributed by atoms with van der Waals surface area (Å²) in [5.41, 5.74) is 0.669. The summed E-state index contributed by atoms with van der Waals surface area (Å²) in [5, 5.41) is 2.70. The summed E-state index contributed by atoms with van der Waals surface area (Å²) in [5.74, 6) is 0.438. The standard InChI is InChI=1S/C9H8Br3NO2/c1-15-7-4-2-3-6(5-7)13-8(14)9(10,11)12/h2-5H,1H3,(H,13,14). The van der Waals surface area contributed by atoms with Crippen LogP contribution < -0.4 is 10.1 Å².